The summed E-state index contributed by atoms with van der Waals surface area (Å²) in [7, 11) is 0. The van der Waals surface area contributed by atoms with Gasteiger partial charge in [0.2, 0.25) is 5.91 Å². The largest absolute Gasteiger partial charge is 0.416 e. The highest BCUT2D eigenvalue weighted by atomic mass is 32.1. The molecule has 2 heterocycles. The Labute approximate surface area is 165 Å². The van der Waals surface area contributed by atoms with E-state index in [1.54, 1.807) is 0 Å². The van der Waals surface area contributed by atoms with Crippen LogP contribution in [-0.4, -0.2) is 41.1 Å². The zero-order valence-corrected chi connectivity index (χ0v) is 16.4. The van der Waals surface area contributed by atoms with Crippen LogP contribution in [0.15, 0.2) is 29.6 Å². The number of rotatable bonds is 5. The van der Waals surface area contributed by atoms with Crippen molar-refractivity contribution in [3.8, 4) is 0 Å². The Morgan fingerprint density at radius 1 is 1.32 bits per heavy atom. The topological polar surface area (TPSA) is 54.5 Å². The van der Waals surface area contributed by atoms with Gasteiger partial charge in [-0.3, -0.25) is 9.69 Å². The zero-order chi connectivity index (χ0) is 20.3. The summed E-state index contributed by atoms with van der Waals surface area (Å²) in [6, 6.07) is 4.79. The van der Waals surface area contributed by atoms with Gasteiger partial charge in [-0.1, -0.05) is 18.2 Å². The smallest absolute Gasteiger partial charge is 0.373 e. The molecule has 1 aromatic heterocycles. The lowest BCUT2D eigenvalue weighted by molar-refractivity contribution is -0.137. The van der Waals surface area contributed by atoms with E-state index in [1.165, 1.54) is 23.5 Å². The number of alkyl halides is 3. The second kappa shape index (κ2) is 8.59. The quantitative estimate of drug-likeness (QED) is 0.807. The van der Waals surface area contributed by atoms with Gasteiger partial charge in [-0.25, -0.2) is 4.98 Å². The summed E-state index contributed by atoms with van der Waals surface area (Å²) in [6.07, 6.45) is -4.24. The van der Waals surface area contributed by atoms with E-state index in [0.717, 1.165) is 30.9 Å². The summed E-state index contributed by atoms with van der Waals surface area (Å²) in [5.41, 5.74) is 0.393. The average Bonchev–Trinajstić information content (AvgIpc) is 3.00. The molecule has 1 amide bonds. The van der Waals surface area contributed by atoms with Gasteiger partial charge in [0.05, 0.1) is 29.9 Å². The standard InChI is InChI=1S/C19H22F3N3O2S/c1-12-8-25(9-13(2)27-12)10-16-11-28-18(23-16)24-17(26)7-14-4-3-5-15(6-14)19(20,21)22/h3-6,11-13H,7-10H2,1-2H3,(H,23,24,26). The van der Waals surface area contributed by atoms with Gasteiger partial charge in [0, 0.05) is 25.0 Å². The molecule has 28 heavy (non-hydrogen) atoms. The Hall–Kier alpha value is -1.97. The second-order valence-corrected chi connectivity index (χ2v) is 7.88. The molecular formula is C19H22F3N3O2S. The predicted molar refractivity (Wildman–Crippen MR) is 101 cm³/mol. The normalized spacial score (nSPS) is 20.9. The van der Waals surface area contributed by atoms with Gasteiger partial charge >= 0.3 is 6.18 Å². The lowest BCUT2D eigenvalue weighted by Crippen LogP contribution is -2.44. The lowest BCUT2D eigenvalue weighted by Gasteiger charge is -2.34. The molecule has 2 aromatic rings. The van der Waals surface area contributed by atoms with Crippen LogP contribution in [0.1, 0.15) is 30.7 Å². The molecule has 2 unspecified atom stereocenters. The van der Waals surface area contributed by atoms with Crippen molar-refractivity contribution in [2.45, 2.75) is 45.2 Å². The van der Waals surface area contributed by atoms with Crippen molar-refractivity contribution in [3.05, 3.63) is 46.5 Å². The van der Waals surface area contributed by atoms with Crippen molar-refractivity contribution in [2.75, 3.05) is 18.4 Å². The molecule has 1 aliphatic heterocycles. The molecule has 1 saturated heterocycles. The molecule has 0 spiro atoms. The van der Waals surface area contributed by atoms with Crippen molar-refractivity contribution in [2.24, 2.45) is 0 Å². The van der Waals surface area contributed by atoms with E-state index in [2.05, 4.69) is 15.2 Å². The summed E-state index contributed by atoms with van der Waals surface area (Å²) in [6.45, 7) is 6.36. The summed E-state index contributed by atoms with van der Waals surface area (Å²) >= 11 is 1.31. The van der Waals surface area contributed by atoms with E-state index in [-0.39, 0.29) is 18.6 Å². The molecule has 3 rings (SSSR count). The van der Waals surface area contributed by atoms with Crippen LogP contribution in [0.4, 0.5) is 18.3 Å². The van der Waals surface area contributed by atoms with E-state index < -0.39 is 17.6 Å². The summed E-state index contributed by atoms with van der Waals surface area (Å²) < 4.78 is 44.0. The Bertz CT molecular complexity index is 815. The first-order valence-corrected chi connectivity index (χ1v) is 9.85. The first kappa shape index (κ1) is 20.8. The highest BCUT2D eigenvalue weighted by molar-refractivity contribution is 7.13. The Balaban J connectivity index is 1.55. The van der Waals surface area contributed by atoms with E-state index in [0.29, 0.717) is 17.2 Å². The van der Waals surface area contributed by atoms with Gasteiger partial charge in [-0.15, -0.1) is 11.3 Å². The molecule has 1 fully saturated rings. The molecule has 1 aliphatic rings. The number of thiazole rings is 1. The maximum atomic E-state index is 12.8. The van der Waals surface area contributed by atoms with Crippen molar-refractivity contribution in [1.29, 1.82) is 0 Å². The zero-order valence-electron chi connectivity index (χ0n) is 15.6. The van der Waals surface area contributed by atoms with Crippen LogP contribution in [0, 0.1) is 0 Å². The first-order chi connectivity index (χ1) is 13.2. The SMILES string of the molecule is CC1CN(Cc2csc(NC(=O)Cc3cccc(C(F)(F)F)c3)n2)CC(C)O1. The molecule has 0 radical (unpaired) electrons. The molecule has 0 saturated carbocycles. The number of hydrogen-bond donors (Lipinski definition) is 1. The third kappa shape index (κ3) is 5.76. The van der Waals surface area contributed by atoms with Gasteiger partial charge in [0.15, 0.2) is 5.13 Å². The number of benzene rings is 1. The minimum absolute atomic E-state index is 0.142. The van der Waals surface area contributed by atoms with E-state index >= 15 is 0 Å². The number of ether oxygens (including phenoxy) is 1. The van der Waals surface area contributed by atoms with Crippen molar-refractivity contribution in [1.82, 2.24) is 9.88 Å². The minimum atomic E-state index is -4.43. The monoisotopic (exact) mass is 413 g/mol. The molecule has 1 N–H and O–H groups in total. The van der Waals surface area contributed by atoms with E-state index in [1.807, 2.05) is 19.2 Å². The third-order valence-corrected chi connectivity index (χ3v) is 5.10. The van der Waals surface area contributed by atoms with E-state index in [4.69, 9.17) is 4.74 Å². The number of anilines is 1. The number of aromatic nitrogens is 1. The van der Waals surface area contributed by atoms with Crippen LogP contribution in [-0.2, 0) is 28.7 Å². The third-order valence-electron chi connectivity index (χ3n) is 4.30. The fourth-order valence-corrected chi connectivity index (χ4v) is 4.00. The number of halogens is 3. The van der Waals surface area contributed by atoms with Crippen LogP contribution in [0.2, 0.25) is 0 Å². The van der Waals surface area contributed by atoms with Crippen molar-refractivity contribution in [3.63, 3.8) is 0 Å². The summed E-state index contributed by atoms with van der Waals surface area (Å²) in [4.78, 5) is 18.8. The predicted octanol–water partition coefficient (Wildman–Crippen LogP) is 3.95. The number of nitrogens with zero attached hydrogens (tertiary/aromatic N) is 2. The number of carbonyl (C=O) groups is 1. The van der Waals surface area contributed by atoms with Crippen LogP contribution in [0.3, 0.4) is 0 Å². The van der Waals surface area contributed by atoms with Crippen molar-refractivity contribution < 1.29 is 22.7 Å². The number of hydrogen-bond acceptors (Lipinski definition) is 5. The number of carbonyl (C=O) groups excluding carboxylic acids is 1. The lowest BCUT2D eigenvalue weighted by atomic mass is 10.1. The van der Waals surface area contributed by atoms with Crippen LogP contribution in [0.5, 0.6) is 0 Å². The highest BCUT2D eigenvalue weighted by Crippen LogP contribution is 2.29. The average molecular weight is 413 g/mol. The van der Waals surface area contributed by atoms with Gasteiger partial charge in [-0.2, -0.15) is 13.2 Å². The Morgan fingerprint density at radius 3 is 2.71 bits per heavy atom. The van der Waals surface area contributed by atoms with Gasteiger partial charge in [0.1, 0.15) is 0 Å². The van der Waals surface area contributed by atoms with E-state index in [9.17, 15) is 18.0 Å². The molecule has 1 aromatic carbocycles. The fourth-order valence-electron chi connectivity index (χ4n) is 3.29. The van der Waals surface area contributed by atoms with Crippen LogP contribution < -0.4 is 5.32 Å². The van der Waals surface area contributed by atoms with Gasteiger partial charge < -0.3 is 10.1 Å². The van der Waals surface area contributed by atoms with Crippen LogP contribution in [0.25, 0.3) is 0 Å². The summed E-state index contributed by atoms with van der Waals surface area (Å²) in [5, 5.41) is 4.99. The highest BCUT2D eigenvalue weighted by Gasteiger charge is 2.30. The Kier molecular flexibility index (Phi) is 6.36. The molecule has 0 aliphatic carbocycles. The molecule has 2 atom stereocenters. The molecule has 5 nitrogen and oxygen atoms in total. The van der Waals surface area contributed by atoms with Gasteiger partial charge in [0.25, 0.3) is 0 Å². The van der Waals surface area contributed by atoms with Crippen molar-refractivity contribution >= 4 is 22.4 Å². The van der Waals surface area contributed by atoms with Gasteiger partial charge in [-0.05, 0) is 25.5 Å². The maximum absolute atomic E-state index is 12.8. The number of amides is 1. The molecular weight excluding hydrogens is 391 g/mol. The fraction of sp³-hybridized carbons (Fsp3) is 0.474. The van der Waals surface area contributed by atoms with Crippen LogP contribution >= 0.6 is 11.3 Å². The maximum Gasteiger partial charge on any atom is 0.416 e. The molecule has 9 heteroatoms. The minimum Gasteiger partial charge on any atom is -0.373 e. The Morgan fingerprint density at radius 2 is 2.04 bits per heavy atom. The molecule has 0 bridgehead atoms. The number of morpholine rings is 1. The molecule has 152 valence electrons. The number of nitrogens with one attached hydrogen (secondary N) is 1. The summed E-state index contributed by atoms with van der Waals surface area (Å²) in [5.74, 6) is -0.395. The first-order valence-electron chi connectivity index (χ1n) is 8.97. The second-order valence-electron chi connectivity index (χ2n) is 7.02.